The summed E-state index contributed by atoms with van der Waals surface area (Å²) in [6.45, 7) is 0. The van der Waals surface area contributed by atoms with Gasteiger partial charge in [0.25, 0.3) is 0 Å². The molecule has 4 nitrogen and oxygen atoms in total. The fourth-order valence-electron chi connectivity index (χ4n) is 11.0. The molecule has 0 aliphatic heterocycles. The Bertz CT molecular complexity index is 3980. The van der Waals surface area contributed by atoms with Gasteiger partial charge in [-0.1, -0.05) is 127 Å². The summed E-state index contributed by atoms with van der Waals surface area (Å²) in [5.41, 5.74) is 16.5. The second-order valence-corrected chi connectivity index (χ2v) is 17.0. The monoisotopic (exact) mass is 814 g/mol. The Morgan fingerprint density at radius 3 is 1.41 bits per heavy atom. The van der Waals surface area contributed by atoms with Gasteiger partial charge in [-0.2, -0.15) is 0 Å². The van der Waals surface area contributed by atoms with Crippen molar-refractivity contribution in [2.45, 2.75) is 12.8 Å². The predicted octanol–water partition coefficient (Wildman–Crippen LogP) is 15.4. The highest BCUT2D eigenvalue weighted by atomic mass is 15.0. The van der Waals surface area contributed by atoms with Crippen molar-refractivity contribution in [2.24, 2.45) is 0 Å². The minimum atomic E-state index is 0.910. The second-order valence-electron chi connectivity index (χ2n) is 17.0. The van der Waals surface area contributed by atoms with E-state index in [4.69, 9.17) is 0 Å². The van der Waals surface area contributed by atoms with Gasteiger partial charge in [-0.05, 0) is 109 Å². The van der Waals surface area contributed by atoms with Gasteiger partial charge in [0.2, 0.25) is 0 Å². The molecular weight excluding hydrogens is 777 g/mol. The molecule has 0 amide bonds. The van der Waals surface area contributed by atoms with E-state index in [1.165, 1.54) is 87.5 Å². The number of benzene rings is 8. The number of fused-ring (bicyclic) bond motifs is 12. The molecule has 0 spiro atoms. The molecule has 0 fully saturated rings. The maximum Gasteiger partial charge on any atom is 0.105 e. The van der Waals surface area contributed by atoms with Crippen LogP contribution in [-0.4, -0.2) is 18.3 Å². The highest BCUT2D eigenvalue weighted by Crippen LogP contribution is 2.44. The molecule has 0 saturated carbocycles. The van der Waals surface area contributed by atoms with Gasteiger partial charge in [0, 0.05) is 65.7 Å². The van der Waals surface area contributed by atoms with Gasteiger partial charge < -0.3 is 18.3 Å². The van der Waals surface area contributed by atoms with Gasteiger partial charge in [0.1, 0.15) is 5.52 Å². The highest BCUT2D eigenvalue weighted by molar-refractivity contribution is 6.15. The Morgan fingerprint density at radius 2 is 0.828 bits per heavy atom. The molecule has 298 valence electrons. The van der Waals surface area contributed by atoms with Crippen molar-refractivity contribution in [3.63, 3.8) is 0 Å². The molecule has 0 radical (unpaired) electrons. The number of para-hydroxylation sites is 6. The van der Waals surface area contributed by atoms with Gasteiger partial charge in [-0.3, -0.25) is 0 Å². The Balaban J connectivity index is 1.06. The molecule has 4 heteroatoms. The Kier molecular flexibility index (Phi) is 7.40. The fourth-order valence-corrected chi connectivity index (χ4v) is 11.0. The van der Waals surface area contributed by atoms with Crippen LogP contribution in [0, 0.1) is 12.1 Å². The summed E-state index contributed by atoms with van der Waals surface area (Å²) in [4.78, 5) is 0. The van der Waals surface area contributed by atoms with E-state index in [1.54, 1.807) is 0 Å². The van der Waals surface area contributed by atoms with Crippen LogP contribution in [0.4, 0.5) is 0 Å². The summed E-state index contributed by atoms with van der Waals surface area (Å²) in [5.74, 6) is 0. The quantitative estimate of drug-likeness (QED) is 0.165. The maximum atomic E-state index is 3.58. The van der Waals surface area contributed by atoms with Crippen LogP contribution >= 0.6 is 0 Å². The minimum Gasteiger partial charge on any atom is -0.309 e. The largest absolute Gasteiger partial charge is 0.309 e. The first-order valence-corrected chi connectivity index (χ1v) is 22.2. The van der Waals surface area contributed by atoms with Gasteiger partial charge >= 0.3 is 0 Å². The molecule has 0 unspecified atom stereocenters. The first-order valence-electron chi connectivity index (χ1n) is 22.2. The summed E-state index contributed by atoms with van der Waals surface area (Å²) in [7, 11) is 0. The number of hydrogen-bond acceptors (Lipinski definition) is 0. The zero-order chi connectivity index (χ0) is 41.9. The van der Waals surface area contributed by atoms with E-state index in [1.807, 2.05) is 6.07 Å². The van der Waals surface area contributed by atoms with Crippen LogP contribution in [0.3, 0.4) is 0 Å². The molecule has 64 heavy (non-hydrogen) atoms. The van der Waals surface area contributed by atoms with E-state index in [-0.39, 0.29) is 0 Å². The molecule has 14 rings (SSSR count). The minimum absolute atomic E-state index is 0.910. The number of allylic oxidation sites excluding steroid dienone is 4. The van der Waals surface area contributed by atoms with E-state index < -0.39 is 0 Å². The van der Waals surface area contributed by atoms with Crippen molar-refractivity contribution in [1.82, 2.24) is 18.3 Å². The van der Waals surface area contributed by atoms with Gasteiger partial charge in [-0.25, -0.2) is 0 Å². The molecule has 0 bridgehead atoms. The molecular formula is C60H38N4. The molecule has 4 heterocycles. The number of aromatic nitrogens is 4. The van der Waals surface area contributed by atoms with Crippen LogP contribution in [0.25, 0.3) is 116 Å². The third-order valence-corrected chi connectivity index (χ3v) is 13.7. The smallest absolute Gasteiger partial charge is 0.105 e. The molecule has 4 aromatic heterocycles. The second kappa shape index (κ2) is 13.5. The van der Waals surface area contributed by atoms with Gasteiger partial charge in [0.15, 0.2) is 0 Å². The van der Waals surface area contributed by atoms with Gasteiger partial charge in [0.05, 0.1) is 44.3 Å². The van der Waals surface area contributed by atoms with Gasteiger partial charge in [-0.15, -0.1) is 0 Å². The van der Waals surface area contributed by atoms with E-state index >= 15 is 0 Å². The number of nitrogens with zero attached hydrogens (tertiary/aromatic N) is 4. The normalized spacial score (nSPS) is 13.2. The molecule has 9 aromatic carbocycles. The molecule has 1 aliphatic carbocycles. The lowest BCUT2D eigenvalue weighted by molar-refractivity contribution is 1.03. The summed E-state index contributed by atoms with van der Waals surface area (Å²) in [6.07, 6.45) is 6.56. The predicted molar refractivity (Wildman–Crippen MR) is 268 cm³/mol. The zero-order valence-corrected chi connectivity index (χ0v) is 34.8. The van der Waals surface area contributed by atoms with E-state index in [0.29, 0.717) is 0 Å². The van der Waals surface area contributed by atoms with Crippen LogP contribution in [0.1, 0.15) is 18.4 Å². The first kappa shape index (κ1) is 35.1. The summed E-state index contributed by atoms with van der Waals surface area (Å²) < 4.78 is 9.80. The van der Waals surface area contributed by atoms with Crippen molar-refractivity contribution in [2.75, 3.05) is 0 Å². The third-order valence-electron chi connectivity index (χ3n) is 13.7. The van der Waals surface area contributed by atoms with Crippen LogP contribution in [-0.2, 0) is 0 Å². The Labute approximate surface area is 369 Å². The van der Waals surface area contributed by atoms with E-state index in [9.17, 15) is 0 Å². The van der Waals surface area contributed by atoms with Crippen molar-refractivity contribution >= 4 is 98.5 Å². The maximum absolute atomic E-state index is 3.58. The van der Waals surface area contributed by atoms with Crippen LogP contribution in [0.5, 0.6) is 0 Å². The molecule has 1 aliphatic rings. The van der Waals surface area contributed by atoms with Crippen molar-refractivity contribution in [3.8, 4) is 17.1 Å². The van der Waals surface area contributed by atoms with Crippen LogP contribution in [0.2, 0.25) is 0 Å². The SMILES string of the molecule is c1ccc2c3ccccc3n(-c3cc(-n4c5ccccc5c5cc(-n6c7ccccc7c7ccccc76)ccc54)ccc3C3=C(n4c5ccccc5c5ccccc54)C=CCC3)c2c#1. The lowest BCUT2D eigenvalue weighted by Gasteiger charge is -2.23. The van der Waals surface area contributed by atoms with Crippen molar-refractivity contribution < 1.29 is 0 Å². The van der Waals surface area contributed by atoms with E-state index in [2.05, 4.69) is 231 Å². The lowest BCUT2D eigenvalue weighted by atomic mass is 9.92. The van der Waals surface area contributed by atoms with E-state index in [0.717, 1.165) is 46.5 Å². The van der Waals surface area contributed by atoms with Crippen molar-refractivity contribution in [1.29, 1.82) is 0 Å². The zero-order valence-electron chi connectivity index (χ0n) is 34.8. The standard InChI is InChI=1S/C60H38N4/c1-9-25-51-41(17-1)42-18-2-10-26-52(42)61(51)39-34-36-59-50(37-39)48-24-8-11-27-53(48)62(59)40-33-35-49(60(38-40)64-57-31-15-5-21-45(57)46-22-6-16-32-58(46)64)47-23-7-14-30-56(47)63-54-28-12-3-19-43(54)44-20-4-13-29-55(44)63/h1-6,8-15,17-22,24-31,33-38H,7,23H2. The summed E-state index contributed by atoms with van der Waals surface area (Å²) in [6, 6.07) is 78.0. The fraction of sp³-hybridized carbons (Fsp3) is 0.0333. The number of rotatable bonds is 5. The van der Waals surface area contributed by atoms with Crippen LogP contribution < -0.4 is 0 Å². The lowest BCUT2D eigenvalue weighted by Crippen LogP contribution is -2.07. The Morgan fingerprint density at radius 1 is 0.375 bits per heavy atom. The molecule has 0 saturated heterocycles. The molecule has 0 N–H and O–H groups in total. The van der Waals surface area contributed by atoms with Crippen LogP contribution in [0.15, 0.2) is 206 Å². The average Bonchev–Trinajstić information content (AvgIpc) is 4.09. The molecule has 13 aromatic rings. The average molecular weight is 815 g/mol. The first-order chi connectivity index (χ1) is 31.8. The van der Waals surface area contributed by atoms with Crippen molar-refractivity contribution in [3.05, 3.63) is 224 Å². The highest BCUT2D eigenvalue weighted by Gasteiger charge is 2.24. The number of hydrogen-bond donors (Lipinski definition) is 0. The summed E-state index contributed by atoms with van der Waals surface area (Å²) in [5, 5.41) is 9.86. The summed E-state index contributed by atoms with van der Waals surface area (Å²) >= 11 is 0. The Hall–Kier alpha value is -8.52. The third kappa shape index (κ3) is 4.89. The topological polar surface area (TPSA) is 19.7 Å². The molecule has 0 atom stereocenters.